The molecule has 4 aromatic rings. The molecule has 0 unspecified atom stereocenters. The van der Waals surface area contributed by atoms with Crippen molar-refractivity contribution >= 4 is 11.8 Å². The van der Waals surface area contributed by atoms with E-state index in [2.05, 4.69) is 27.4 Å². The molecule has 4 rings (SSSR count). The fourth-order valence-corrected chi connectivity index (χ4v) is 4.23. The first kappa shape index (κ1) is 20.3. The topological polar surface area (TPSA) is 48.5 Å². The molecule has 7 heteroatoms. The third-order valence-electron chi connectivity index (χ3n) is 4.84. The highest BCUT2D eigenvalue weighted by Crippen LogP contribution is 2.27. The number of nitrogens with zero attached hydrogens (tertiary/aromatic N) is 5. The molecule has 2 aromatic carbocycles. The summed E-state index contributed by atoms with van der Waals surface area (Å²) in [4.78, 5) is 0. The maximum Gasteiger partial charge on any atom is 0.191 e. The molecule has 0 amide bonds. The molecule has 0 atom stereocenters. The van der Waals surface area contributed by atoms with Crippen molar-refractivity contribution in [3.05, 3.63) is 84.4 Å². The number of halogens is 1. The zero-order valence-electron chi connectivity index (χ0n) is 16.7. The smallest absolute Gasteiger partial charge is 0.191 e. The highest BCUT2D eigenvalue weighted by molar-refractivity contribution is 7.99. The fourth-order valence-electron chi connectivity index (χ4n) is 3.29. The van der Waals surface area contributed by atoms with E-state index in [9.17, 15) is 4.39 Å². The molecule has 154 valence electrons. The Labute approximate surface area is 180 Å². The Morgan fingerprint density at radius 2 is 1.70 bits per heavy atom. The van der Waals surface area contributed by atoms with Gasteiger partial charge in [0.25, 0.3) is 0 Å². The molecule has 0 spiro atoms. The van der Waals surface area contributed by atoms with Crippen LogP contribution in [0.15, 0.2) is 78.2 Å². The molecule has 0 N–H and O–H groups in total. The van der Waals surface area contributed by atoms with Crippen molar-refractivity contribution in [2.45, 2.75) is 37.5 Å². The van der Waals surface area contributed by atoms with Crippen LogP contribution in [0, 0.1) is 5.82 Å². The summed E-state index contributed by atoms with van der Waals surface area (Å²) >= 11 is 1.68. The first-order valence-electron chi connectivity index (χ1n) is 10.1. The van der Waals surface area contributed by atoms with Crippen LogP contribution in [0.3, 0.4) is 0 Å². The normalized spacial score (nSPS) is 11.1. The summed E-state index contributed by atoms with van der Waals surface area (Å²) in [6.45, 7) is 1.55. The van der Waals surface area contributed by atoms with E-state index in [1.165, 1.54) is 6.07 Å². The maximum atomic E-state index is 14.4. The van der Waals surface area contributed by atoms with Crippen LogP contribution < -0.4 is 0 Å². The summed E-state index contributed by atoms with van der Waals surface area (Å²) < 4.78 is 18.4. The first-order chi connectivity index (χ1) is 14.8. The van der Waals surface area contributed by atoms with Gasteiger partial charge in [-0.2, -0.15) is 5.10 Å². The minimum Gasteiger partial charge on any atom is -0.297 e. The van der Waals surface area contributed by atoms with E-state index in [-0.39, 0.29) is 5.82 Å². The number of benzene rings is 2. The predicted molar refractivity (Wildman–Crippen MR) is 118 cm³/mol. The van der Waals surface area contributed by atoms with E-state index < -0.39 is 0 Å². The minimum atomic E-state index is -0.283. The Morgan fingerprint density at radius 3 is 2.50 bits per heavy atom. The largest absolute Gasteiger partial charge is 0.297 e. The molecule has 0 fully saturated rings. The number of hydrogen-bond donors (Lipinski definition) is 0. The van der Waals surface area contributed by atoms with Gasteiger partial charge in [-0.15, -0.1) is 10.2 Å². The molecule has 5 nitrogen and oxygen atoms in total. The van der Waals surface area contributed by atoms with Gasteiger partial charge >= 0.3 is 0 Å². The van der Waals surface area contributed by atoms with Gasteiger partial charge in [-0.05, 0) is 36.6 Å². The van der Waals surface area contributed by atoms with Gasteiger partial charge in [0.2, 0.25) is 0 Å². The van der Waals surface area contributed by atoms with Crippen molar-refractivity contribution in [2.75, 3.05) is 5.75 Å². The van der Waals surface area contributed by atoms with E-state index in [4.69, 9.17) is 0 Å². The van der Waals surface area contributed by atoms with Crippen molar-refractivity contribution in [1.29, 1.82) is 0 Å². The molecule has 0 radical (unpaired) electrons. The van der Waals surface area contributed by atoms with Crippen LogP contribution in [0.4, 0.5) is 4.39 Å². The molecule has 0 saturated carbocycles. The first-order valence-corrected chi connectivity index (χ1v) is 11.1. The van der Waals surface area contributed by atoms with E-state index >= 15 is 0 Å². The fraction of sp³-hybridized carbons (Fsp3) is 0.261. The SMILES string of the molecule is Fc1ccccc1-c1nnc(SCCCCCn2cccn2)n1Cc1ccccc1. The summed E-state index contributed by atoms with van der Waals surface area (Å²) in [6.07, 6.45) is 7.10. The van der Waals surface area contributed by atoms with Crippen molar-refractivity contribution < 1.29 is 4.39 Å². The van der Waals surface area contributed by atoms with Gasteiger partial charge in [0.05, 0.1) is 12.1 Å². The number of hydrogen-bond acceptors (Lipinski definition) is 4. The lowest BCUT2D eigenvalue weighted by Crippen LogP contribution is -2.05. The van der Waals surface area contributed by atoms with Crippen LogP contribution in [-0.2, 0) is 13.1 Å². The van der Waals surface area contributed by atoms with Gasteiger partial charge in [0.1, 0.15) is 5.82 Å². The monoisotopic (exact) mass is 421 g/mol. The van der Waals surface area contributed by atoms with Gasteiger partial charge in [-0.3, -0.25) is 9.25 Å². The lowest BCUT2D eigenvalue weighted by molar-refractivity contribution is 0.554. The van der Waals surface area contributed by atoms with Gasteiger partial charge in [-0.1, -0.05) is 60.6 Å². The Morgan fingerprint density at radius 1 is 0.867 bits per heavy atom. The number of unbranched alkanes of at least 4 members (excludes halogenated alkanes) is 2. The average molecular weight is 422 g/mol. The third-order valence-corrected chi connectivity index (χ3v) is 5.89. The summed E-state index contributed by atoms with van der Waals surface area (Å²) in [7, 11) is 0. The Balaban J connectivity index is 1.43. The Bertz CT molecular complexity index is 1050. The number of thioether (sulfide) groups is 1. The van der Waals surface area contributed by atoms with Crippen LogP contribution in [0.5, 0.6) is 0 Å². The molecule has 0 aliphatic carbocycles. The number of aromatic nitrogens is 5. The summed E-state index contributed by atoms with van der Waals surface area (Å²) in [5.74, 6) is 1.23. The second kappa shape index (κ2) is 10.2. The minimum absolute atomic E-state index is 0.283. The summed E-state index contributed by atoms with van der Waals surface area (Å²) in [5.41, 5.74) is 1.61. The lowest BCUT2D eigenvalue weighted by Gasteiger charge is -2.11. The van der Waals surface area contributed by atoms with Gasteiger partial charge < -0.3 is 0 Å². The molecule has 0 aliphatic rings. The van der Waals surface area contributed by atoms with E-state index in [0.717, 1.165) is 42.3 Å². The van der Waals surface area contributed by atoms with Crippen molar-refractivity contribution in [2.24, 2.45) is 0 Å². The molecule has 30 heavy (non-hydrogen) atoms. The number of rotatable bonds is 10. The highest BCUT2D eigenvalue weighted by atomic mass is 32.2. The van der Waals surface area contributed by atoms with E-state index in [0.29, 0.717) is 17.9 Å². The molecular formula is C23H24FN5S. The molecule has 2 heterocycles. The molecular weight excluding hydrogens is 397 g/mol. The predicted octanol–water partition coefficient (Wildman–Crippen LogP) is 5.29. The lowest BCUT2D eigenvalue weighted by atomic mass is 10.2. The molecule has 0 bridgehead atoms. The molecule has 2 aromatic heterocycles. The zero-order valence-corrected chi connectivity index (χ0v) is 17.5. The van der Waals surface area contributed by atoms with Crippen LogP contribution in [0.1, 0.15) is 24.8 Å². The highest BCUT2D eigenvalue weighted by Gasteiger charge is 2.17. The van der Waals surface area contributed by atoms with E-state index in [1.54, 1.807) is 23.9 Å². The van der Waals surface area contributed by atoms with Crippen LogP contribution in [0.2, 0.25) is 0 Å². The van der Waals surface area contributed by atoms with Crippen LogP contribution in [-0.4, -0.2) is 30.3 Å². The molecule has 0 aliphatic heterocycles. The average Bonchev–Trinajstić information content (AvgIpc) is 3.42. The van der Waals surface area contributed by atoms with Crippen LogP contribution >= 0.6 is 11.8 Å². The van der Waals surface area contributed by atoms with Gasteiger partial charge in [0.15, 0.2) is 11.0 Å². The summed E-state index contributed by atoms with van der Waals surface area (Å²) in [5, 5.41) is 13.8. The Kier molecular flexibility index (Phi) is 6.92. The van der Waals surface area contributed by atoms with Gasteiger partial charge in [0, 0.05) is 24.7 Å². The second-order valence-corrected chi connectivity index (χ2v) is 8.10. The standard InChI is InChI=1S/C23H24FN5S/c24-21-13-6-5-12-20(21)22-26-27-23(29(22)18-19-10-3-1-4-11-19)30-17-8-2-7-15-28-16-9-14-25-28/h1,3-6,9-14,16H,2,7-8,15,17-18H2. The third kappa shape index (κ3) is 5.16. The van der Waals surface area contributed by atoms with E-state index in [1.807, 2.05) is 52.0 Å². The Hall–Kier alpha value is -2.93. The van der Waals surface area contributed by atoms with Gasteiger partial charge in [-0.25, -0.2) is 4.39 Å². The van der Waals surface area contributed by atoms with Crippen LogP contribution in [0.25, 0.3) is 11.4 Å². The van der Waals surface area contributed by atoms with Crippen molar-refractivity contribution in [3.8, 4) is 11.4 Å². The van der Waals surface area contributed by atoms with Crippen molar-refractivity contribution in [1.82, 2.24) is 24.5 Å². The quantitative estimate of drug-likeness (QED) is 0.258. The second-order valence-electron chi connectivity index (χ2n) is 7.04. The summed E-state index contributed by atoms with van der Waals surface area (Å²) in [6, 6.07) is 18.8. The zero-order chi connectivity index (χ0) is 20.6. The molecule has 0 saturated heterocycles. The maximum absolute atomic E-state index is 14.4. The number of aryl methyl sites for hydroxylation is 1. The van der Waals surface area contributed by atoms with Crippen molar-refractivity contribution in [3.63, 3.8) is 0 Å².